The van der Waals surface area contributed by atoms with Gasteiger partial charge in [0.1, 0.15) is 0 Å². The molecule has 2 rings (SSSR count). The van der Waals surface area contributed by atoms with Crippen molar-refractivity contribution in [2.75, 3.05) is 26.7 Å². The lowest BCUT2D eigenvalue weighted by atomic mass is 10.2. The zero-order valence-corrected chi connectivity index (χ0v) is 12.9. The van der Waals surface area contributed by atoms with E-state index >= 15 is 0 Å². The second-order valence-electron chi connectivity index (χ2n) is 4.96. The molecule has 1 N–H and O–H groups in total. The average Bonchev–Trinajstić information content (AvgIpc) is 2.74. The second-order valence-corrected chi connectivity index (χ2v) is 7.08. The number of aryl methyl sites for hydroxylation is 1. The first-order valence-electron chi connectivity index (χ1n) is 6.18. The zero-order chi connectivity index (χ0) is 14.2. The second kappa shape index (κ2) is 5.40. The molecule has 2 heterocycles. The molecule has 1 aromatic rings. The van der Waals surface area contributed by atoms with Crippen molar-refractivity contribution >= 4 is 21.6 Å². The van der Waals surface area contributed by atoms with Crippen molar-refractivity contribution in [2.45, 2.75) is 30.8 Å². The Morgan fingerprint density at radius 1 is 1.47 bits per heavy atom. The Labute approximate surface area is 118 Å². The van der Waals surface area contributed by atoms with Crippen LogP contribution in [0.5, 0.6) is 0 Å². The van der Waals surface area contributed by atoms with E-state index in [1.54, 1.807) is 6.92 Å². The normalized spacial score (nSPS) is 22.8. The van der Waals surface area contributed by atoms with Gasteiger partial charge in [-0.05, 0) is 20.9 Å². The number of likely N-dealkylation sites (N-methyl/N-ethyl adjacent to an activating group) is 1. The number of nitrogens with one attached hydrogen (secondary N) is 1. The number of hydrogen-bond acceptors (Lipinski definition) is 4. The van der Waals surface area contributed by atoms with E-state index in [0.717, 1.165) is 6.54 Å². The van der Waals surface area contributed by atoms with Crippen LogP contribution in [0, 0.1) is 6.92 Å². The third kappa shape index (κ3) is 2.65. The summed E-state index contributed by atoms with van der Waals surface area (Å²) in [7, 11) is -1.56. The third-order valence-electron chi connectivity index (χ3n) is 3.68. The van der Waals surface area contributed by atoms with Crippen LogP contribution >= 0.6 is 11.6 Å². The average molecular weight is 307 g/mol. The van der Waals surface area contributed by atoms with E-state index in [1.165, 1.54) is 4.31 Å². The van der Waals surface area contributed by atoms with Gasteiger partial charge >= 0.3 is 0 Å². The number of sulfonamides is 1. The van der Waals surface area contributed by atoms with Crippen LogP contribution in [0.1, 0.15) is 18.2 Å². The number of hydrogen-bond donors (Lipinski definition) is 1. The number of nitrogens with zero attached hydrogens (tertiary/aromatic N) is 3. The van der Waals surface area contributed by atoms with Crippen LogP contribution in [-0.4, -0.2) is 60.5 Å². The van der Waals surface area contributed by atoms with Crippen molar-refractivity contribution in [3.8, 4) is 0 Å². The number of piperazine rings is 1. The number of rotatable bonds is 3. The highest BCUT2D eigenvalue weighted by Gasteiger charge is 2.34. The van der Waals surface area contributed by atoms with Crippen molar-refractivity contribution in [1.82, 2.24) is 19.4 Å². The molecule has 1 unspecified atom stereocenters. The number of halogens is 1. The molecular weight excluding hydrogens is 288 g/mol. The summed E-state index contributed by atoms with van der Waals surface area (Å²) in [5.74, 6) is 0.139. The van der Waals surface area contributed by atoms with E-state index in [-0.39, 0.29) is 16.9 Å². The fourth-order valence-electron chi connectivity index (χ4n) is 2.16. The molecule has 1 aliphatic rings. The van der Waals surface area contributed by atoms with Gasteiger partial charge in [0.15, 0.2) is 5.03 Å². The molecule has 0 spiro atoms. The van der Waals surface area contributed by atoms with Gasteiger partial charge in [0.2, 0.25) is 0 Å². The molecule has 0 radical (unpaired) electrons. The largest absolute Gasteiger partial charge is 0.301 e. The molecule has 0 saturated carbocycles. The molecule has 1 aliphatic heterocycles. The summed E-state index contributed by atoms with van der Waals surface area (Å²) in [6, 6.07) is 0.197. The third-order valence-corrected chi connectivity index (χ3v) is 5.78. The number of H-pyrrole nitrogens is 1. The van der Waals surface area contributed by atoms with Crippen LogP contribution < -0.4 is 0 Å². The maximum Gasteiger partial charge on any atom is 0.262 e. The molecule has 108 valence electrons. The molecule has 6 nitrogen and oxygen atoms in total. The summed E-state index contributed by atoms with van der Waals surface area (Å²) in [4.78, 5) is 2.14. The summed E-state index contributed by atoms with van der Waals surface area (Å²) in [5.41, 5.74) is 1.27. The molecule has 0 aliphatic carbocycles. The molecule has 0 aromatic carbocycles. The van der Waals surface area contributed by atoms with Gasteiger partial charge in [0, 0.05) is 36.9 Å². The van der Waals surface area contributed by atoms with E-state index in [1.807, 2.05) is 14.0 Å². The minimum Gasteiger partial charge on any atom is -0.301 e. The van der Waals surface area contributed by atoms with E-state index < -0.39 is 10.0 Å². The smallest absolute Gasteiger partial charge is 0.262 e. The lowest BCUT2D eigenvalue weighted by Gasteiger charge is -2.36. The molecule has 0 bridgehead atoms. The minimum atomic E-state index is -3.56. The molecule has 1 atom stereocenters. The highest BCUT2D eigenvalue weighted by molar-refractivity contribution is 7.89. The summed E-state index contributed by atoms with van der Waals surface area (Å²) < 4.78 is 26.7. The molecular formula is C11H19ClN4O2S. The molecule has 1 fully saturated rings. The van der Waals surface area contributed by atoms with Gasteiger partial charge in [-0.2, -0.15) is 9.40 Å². The lowest BCUT2D eigenvalue weighted by molar-refractivity contribution is 0.159. The van der Waals surface area contributed by atoms with Gasteiger partial charge in [-0.1, -0.05) is 0 Å². The Hall–Kier alpha value is -0.630. The Bertz CT molecular complexity index is 557. The Kier molecular flexibility index (Phi) is 4.20. The van der Waals surface area contributed by atoms with Crippen LogP contribution in [-0.2, 0) is 15.9 Å². The highest BCUT2D eigenvalue weighted by Crippen LogP contribution is 2.23. The van der Waals surface area contributed by atoms with E-state index in [9.17, 15) is 8.42 Å². The standard InChI is InChI=1S/C11H19ClN4O2S/c1-8-7-16(5-4-15(8)3)19(17,18)11-10(6-12)9(2)13-14-11/h8H,4-7H2,1-3H3,(H,13,14). The Morgan fingerprint density at radius 2 is 2.16 bits per heavy atom. The lowest BCUT2D eigenvalue weighted by Crippen LogP contribution is -2.52. The predicted octanol–water partition coefficient (Wildman–Crippen LogP) is 0.782. The monoisotopic (exact) mass is 306 g/mol. The molecule has 8 heteroatoms. The maximum absolute atomic E-state index is 12.6. The summed E-state index contributed by atoms with van der Waals surface area (Å²) in [6.45, 7) is 5.47. The maximum atomic E-state index is 12.6. The number of aromatic amines is 1. The molecule has 0 amide bonds. The van der Waals surface area contributed by atoms with Crippen LogP contribution in [0.25, 0.3) is 0 Å². The van der Waals surface area contributed by atoms with E-state index in [0.29, 0.717) is 24.3 Å². The fourth-order valence-corrected chi connectivity index (χ4v) is 4.24. The van der Waals surface area contributed by atoms with Crippen LogP contribution in [0.3, 0.4) is 0 Å². The Morgan fingerprint density at radius 3 is 2.74 bits per heavy atom. The van der Waals surface area contributed by atoms with Gasteiger partial charge < -0.3 is 4.90 Å². The first kappa shape index (κ1) is 14.8. The van der Waals surface area contributed by atoms with E-state index in [2.05, 4.69) is 15.1 Å². The molecule has 1 saturated heterocycles. The summed E-state index contributed by atoms with van der Waals surface area (Å²) in [6.07, 6.45) is 0. The zero-order valence-electron chi connectivity index (χ0n) is 11.4. The van der Waals surface area contributed by atoms with Crippen LogP contribution in [0.2, 0.25) is 0 Å². The minimum absolute atomic E-state index is 0.0664. The van der Waals surface area contributed by atoms with E-state index in [4.69, 9.17) is 11.6 Å². The first-order valence-corrected chi connectivity index (χ1v) is 8.15. The highest BCUT2D eigenvalue weighted by atomic mass is 35.5. The predicted molar refractivity (Wildman–Crippen MR) is 73.7 cm³/mol. The first-order chi connectivity index (χ1) is 8.87. The van der Waals surface area contributed by atoms with Gasteiger partial charge in [0.05, 0.1) is 5.88 Å². The van der Waals surface area contributed by atoms with Crippen molar-refractivity contribution in [1.29, 1.82) is 0 Å². The van der Waals surface area contributed by atoms with Crippen molar-refractivity contribution in [3.05, 3.63) is 11.3 Å². The molecule has 19 heavy (non-hydrogen) atoms. The number of aromatic nitrogens is 2. The summed E-state index contributed by atoms with van der Waals surface area (Å²) in [5, 5.41) is 6.69. The Balaban J connectivity index is 2.32. The van der Waals surface area contributed by atoms with Crippen molar-refractivity contribution < 1.29 is 8.42 Å². The van der Waals surface area contributed by atoms with Crippen LogP contribution in [0.4, 0.5) is 0 Å². The van der Waals surface area contributed by atoms with Gasteiger partial charge in [-0.25, -0.2) is 8.42 Å². The van der Waals surface area contributed by atoms with Crippen molar-refractivity contribution in [2.24, 2.45) is 0 Å². The van der Waals surface area contributed by atoms with Gasteiger partial charge in [-0.15, -0.1) is 11.6 Å². The summed E-state index contributed by atoms with van der Waals surface area (Å²) >= 11 is 5.82. The fraction of sp³-hybridized carbons (Fsp3) is 0.727. The van der Waals surface area contributed by atoms with Crippen molar-refractivity contribution in [3.63, 3.8) is 0 Å². The number of alkyl halides is 1. The SMILES string of the molecule is Cc1[nH]nc(S(=O)(=O)N2CCN(C)C(C)C2)c1CCl. The topological polar surface area (TPSA) is 69.3 Å². The molecule has 1 aromatic heterocycles. The van der Waals surface area contributed by atoms with Gasteiger partial charge in [-0.3, -0.25) is 5.10 Å². The van der Waals surface area contributed by atoms with Gasteiger partial charge in [0.25, 0.3) is 10.0 Å². The quantitative estimate of drug-likeness (QED) is 0.838. The van der Waals surface area contributed by atoms with Crippen LogP contribution in [0.15, 0.2) is 5.03 Å².